The van der Waals surface area contributed by atoms with Crippen molar-refractivity contribution >= 4 is 17.7 Å². The predicted octanol–water partition coefficient (Wildman–Crippen LogP) is 1.27. The zero-order valence-electron chi connectivity index (χ0n) is 11.4. The molecule has 0 radical (unpaired) electrons. The van der Waals surface area contributed by atoms with Gasteiger partial charge in [-0.25, -0.2) is 4.79 Å². The molecule has 0 atom stereocenters. The second-order valence-electron chi connectivity index (χ2n) is 3.97. The summed E-state index contributed by atoms with van der Waals surface area (Å²) in [6, 6.07) is 6.43. The molecule has 0 bridgehead atoms. The van der Waals surface area contributed by atoms with Crippen molar-refractivity contribution in [2.24, 2.45) is 0 Å². The highest BCUT2D eigenvalue weighted by Gasteiger charge is 2.22. The summed E-state index contributed by atoms with van der Waals surface area (Å²) in [6.45, 7) is -0.535. The lowest BCUT2D eigenvalue weighted by molar-refractivity contribution is -0.137. The highest BCUT2D eigenvalue weighted by atomic mass is 16.5. The molecule has 1 aromatic carbocycles. The second kappa shape index (κ2) is 7.04. The van der Waals surface area contributed by atoms with Gasteiger partial charge < -0.3 is 14.7 Å². The van der Waals surface area contributed by atoms with Gasteiger partial charge in [-0.1, -0.05) is 18.1 Å². The molecule has 0 fully saturated rings. The topological polar surface area (TPSA) is 70.1 Å². The number of anilines is 1. The number of carboxylic acids is 1. The molecule has 0 aliphatic heterocycles. The highest BCUT2D eigenvalue weighted by molar-refractivity contribution is 5.94. The average Bonchev–Trinajstić information content (AvgIpc) is 2.44. The number of para-hydroxylation sites is 2. The summed E-state index contributed by atoms with van der Waals surface area (Å²) in [5.74, 6) is 1.66. The van der Waals surface area contributed by atoms with Crippen molar-refractivity contribution in [3.8, 4) is 18.1 Å². The molecule has 0 aliphatic rings. The Labute approximate surface area is 117 Å². The van der Waals surface area contributed by atoms with Crippen LogP contribution in [0, 0.1) is 12.3 Å². The molecule has 0 aromatic heterocycles. The number of terminal acetylenes is 1. The summed E-state index contributed by atoms with van der Waals surface area (Å²) in [6.07, 6.45) is 5.16. The normalized spacial score (nSPS) is 9.45. The monoisotopic (exact) mass is 276 g/mol. The van der Waals surface area contributed by atoms with Crippen LogP contribution in [0.25, 0.3) is 0 Å². The van der Waals surface area contributed by atoms with Crippen molar-refractivity contribution < 1.29 is 19.4 Å². The second-order valence-corrected chi connectivity index (χ2v) is 3.97. The van der Waals surface area contributed by atoms with Gasteiger partial charge >= 0.3 is 12.0 Å². The number of rotatable bonds is 5. The largest absolute Gasteiger partial charge is 0.495 e. The molecule has 1 rings (SSSR count). The number of nitrogens with zero attached hydrogens (tertiary/aromatic N) is 2. The van der Waals surface area contributed by atoms with E-state index in [-0.39, 0.29) is 6.54 Å². The number of benzene rings is 1. The molecule has 6 heteroatoms. The van der Waals surface area contributed by atoms with Gasteiger partial charge in [0.2, 0.25) is 0 Å². The Hall–Kier alpha value is -2.68. The fraction of sp³-hybridized carbons (Fsp3) is 0.286. The smallest absolute Gasteiger partial charge is 0.325 e. The molecule has 2 amide bonds. The van der Waals surface area contributed by atoms with Gasteiger partial charge in [0, 0.05) is 7.05 Å². The van der Waals surface area contributed by atoms with E-state index < -0.39 is 18.5 Å². The number of urea groups is 1. The first-order valence-corrected chi connectivity index (χ1v) is 5.82. The van der Waals surface area contributed by atoms with E-state index >= 15 is 0 Å². The zero-order valence-corrected chi connectivity index (χ0v) is 11.4. The molecule has 0 heterocycles. The van der Waals surface area contributed by atoms with Gasteiger partial charge in [0.1, 0.15) is 12.3 Å². The van der Waals surface area contributed by atoms with E-state index in [2.05, 4.69) is 5.92 Å². The summed E-state index contributed by atoms with van der Waals surface area (Å²) in [4.78, 5) is 25.4. The number of carbonyl (C=O) groups excluding carboxylic acids is 1. The van der Waals surface area contributed by atoms with Crippen LogP contribution in [0.15, 0.2) is 24.3 Å². The Kier molecular flexibility index (Phi) is 5.42. The van der Waals surface area contributed by atoms with Crippen molar-refractivity contribution in [2.75, 3.05) is 32.1 Å². The number of hydrogen-bond acceptors (Lipinski definition) is 3. The molecule has 0 unspecified atom stereocenters. The number of amides is 2. The zero-order chi connectivity index (χ0) is 15.1. The fourth-order valence-corrected chi connectivity index (χ4v) is 1.69. The first kappa shape index (κ1) is 15.4. The van der Waals surface area contributed by atoms with Gasteiger partial charge in [0.05, 0.1) is 19.3 Å². The van der Waals surface area contributed by atoms with Gasteiger partial charge in [0.15, 0.2) is 0 Å². The van der Waals surface area contributed by atoms with Crippen molar-refractivity contribution in [3.05, 3.63) is 24.3 Å². The van der Waals surface area contributed by atoms with Crippen molar-refractivity contribution in [1.29, 1.82) is 0 Å². The minimum Gasteiger partial charge on any atom is -0.495 e. The summed E-state index contributed by atoms with van der Waals surface area (Å²) in [5.41, 5.74) is 0.535. The number of ether oxygens (including phenoxy) is 1. The predicted molar refractivity (Wildman–Crippen MR) is 74.8 cm³/mol. The van der Waals surface area contributed by atoms with Gasteiger partial charge in [-0.3, -0.25) is 9.69 Å². The molecule has 0 saturated heterocycles. The van der Waals surface area contributed by atoms with Crippen LogP contribution < -0.4 is 9.64 Å². The van der Waals surface area contributed by atoms with E-state index in [0.717, 1.165) is 4.90 Å². The van der Waals surface area contributed by atoms with Crippen molar-refractivity contribution in [1.82, 2.24) is 4.90 Å². The Morgan fingerprint density at radius 2 is 2.05 bits per heavy atom. The lowest BCUT2D eigenvalue weighted by atomic mass is 10.2. The van der Waals surface area contributed by atoms with Gasteiger partial charge in [-0.15, -0.1) is 6.42 Å². The van der Waals surface area contributed by atoms with Crippen LogP contribution in [0.1, 0.15) is 0 Å². The summed E-state index contributed by atoms with van der Waals surface area (Å²) < 4.78 is 5.17. The molecule has 106 valence electrons. The number of methoxy groups -OCH3 is 1. The molecule has 20 heavy (non-hydrogen) atoms. The van der Waals surface area contributed by atoms with Crippen molar-refractivity contribution in [3.63, 3.8) is 0 Å². The first-order valence-electron chi connectivity index (χ1n) is 5.82. The fourth-order valence-electron chi connectivity index (χ4n) is 1.69. The quantitative estimate of drug-likeness (QED) is 0.822. The summed E-state index contributed by atoms with van der Waals surface area (Å²) in [7, 11) is 3.03. The average molecular weight is 276 g/mol. The van der Waals surface area contributed by atoms with Gasteiger partial charge in [-0.2, -0.15) is 0 Å². The standard InChI is InChI=1S/C14H16N2O4/c1-4-9-16(10-13(17)18)14(19)15(2)11-7-5-6-8-12(11)20-3/h1,5-8H,9-10H2,2-3H3,(H,17,18). The third-order valence-corrected chi connectivity index (χ3v) is 2.61. The Morgan fingerprint density at radius 3 is 2.60 bits per heavy atom. The third kappa shape index (κ3) is 3.65. The van der Waals surface area contributed by atoms with Crippen molar-refractivity contribution in [2.45, 2.75) is 0 Å². The van der Waals surface area contributed by atoms with Crippen LogP contribution in [-0.2, 0) is 4.79 Å². The van der Waals surface area contributed by atoms with E-state index in [9.17, 15) is 9.59 Å². The van der Waals surface area contributed by atoms with Crippen LogP contribution in [-0.4, -0.2) is 49.3 Å². The summed E-state index contributed by atoms with van der Waals surface area (Å²) in [5, 5.41) is 8.81. The van der Waals surface area contributed by atoms with E-state index in [1.54, 1.807) is 24.3 Å². The Balaban J connectivity index is 2.99. The molecule has 0 aliphatic carbocycles. The molecule has 1 aromatic rings. The lowest BCUT2D eigenvalue weighted by Crippen LogP contribution is -2.44. The van der Waals surface area contributed by atoms with E-state index in [4.69, 9.17) is 16.3 Å². The van der Waals surface area contributed by atoms with E-state index in [1.165, 1.54) is 19.1 Å². The Morgan fingerprint density at radius 1 is 1.40 bits per heavy atom. The van der Waals surface area contributed by atoms with E-state index in [1.807, 2.05) is 0 Å². The lowest BCUT2D eigenvalue weighted by Gasteiger charge is -2.26. The minimum atomic E-state index is -1.12. The van der Waals surface area contributed by atoms with Crippen LogP contribution in [0.5, 0.6) is 5.75 Å². The number of carbonyl (C=O) groups is 2. The summed E-state index contributed by atoms with van der Waals surface area (Å²) >= 11 is 0. The third-order valence-electron chi connectivity index (χ3n) is 2.61. The van der Waals surface area contributed by atoms with Crippen LogP contribution >= 0.6 is 0 Å². The van der Waals surface area contributed by atoms with Gasteiger partial charge in [-0.05, 0) is 12.1 Å². The first-order chi connectivity index (χ1) is 9.51. The molecular weight excluding hydrogens is 260 g/mol. The molecular formula is C14H16N2O4. The number of hydrogen-bond donors (Lipinski definition) is 1. The number of aliphatic carboxylic acids is 1. The highest BCUT2D eigenvalue weighted by Crippen LogP contribution is 2.27. The van der Waals surface area contributed by atoms with E-state index in [0.29, 0.717) is 11.4 Å². The van der Waals surface area contributed by atoms with Crippen LogP contribution in [0.3, 0.4) is 0 Å². The molecule has 1 N–H and O–H groups in total. The maximum absolute atomic E-state index is 12.3. The van der Waals surface area contributed by atoms with Crippen LogP contribution in [0.4, 0.5) is 10.5 Å². The maximum atomic E-state index is 12.3. The van der Waals surface area contributed by atoms with Crippen LogP contribution in [0.2, 0.25) is 0 Å². The number of carboxylic acid groups (broad SMARTS) is 1. The van der Waals surface area contributed by atoms with Gasteiger partial charge in [0.25, 0.3) is 0 Å². The minimum absolute atomic E-state index is 0.0787. The maximum Gasteiger partial charge on any atom is 0.325 e. The molecule has 6 nitrogen and oxygen atoms in total. The SMILES string of the molecule is C#CCN(CC(=O)O)C(=O)N(C)c1ccccc1OC. The molecule has 0 spiro atoms. The molecule has 0 saturated carbocycles. The Bertz CT molecular complexity index is 536.